The molecule has 0 bridgehead atoms. The van der Waals surface area contributed by atoms with E-state index in [0.29, 0.717) is 5.56 Å². The molecule has 2 nitrogen and oxygen atoms in total. The highest BCUT2D eigenvalue weighted by molar-refractivity contribution is 6.30. The van der Waals surface area contributed by atoms with Crippen LogP contribution in [-0.2, 0) is 6.61 Å². The first-order chi connectivity index (χ1) is 9.47. The van der Waals surface area contributed by atoms with Crippen LogP contribution in [0, 0.1) is 11.6 Å². The molecule has 0 aromatic heterocycles. The summed E-state index contributed by atoms with van der Waals surface area (Å²) in [6.45, 7) is 1.41. The molecule has 0 unspecified atom stereocenters. The number of benzene rings is 2. The van der Waals surface area contributed by atoms with Gasteiger partial charge in [0.1, 0.15) is 12.4 Å². The maximum absolute atomic E-state index is 13.7. The van der Waals surface area contributed by atoms with E-state index < -0.39 is 11.6 Å². The molecule has 0 heterocycles. The van der Waals surface area contributed by atoms with E-state index in [1.165, 1.54) is 37.3 Å². The number of ether oxygens (including phenoxy) is 1. The first-order valence-electron chi connectivity index (χ1n) is 5.84. The zero-order chi connectivity index (χ0) is 14.7. The molecular formula is C15H11ClF2O2. The van der Waals surface area contributed by atoms with Gasteiger partial charge in [-0.2, -0.15) is 0 Å². The van der Waals surface area contributed by atoms with E-state index in [2.05, 4.69) is 0 Å². The summed E-state index contributed by atoms with van der Waals surface area (Å²) in [5.74, 6) is -1.34. The van der Waals surface area contributed by atoms with Crippen molar-refractivity contribution in [2.75, 3.05) is 0 Å². The van der Waals surface area contributed by atoms with Crippen molar-refractivity contribution in [3.63, 3.8) is 0 Å². The Hall–Kier alpha value is -1.94. The molecule has 20 heavy (non-hydrogen) atoms. The fourth-order valence-electron chi connectivity index (χ4n) is 1.63. The first kappa shape index (κ1) is 14.5. The van der Waals surface area contributed by atoms with Gasteiger partial charge in [-0.3, -0.25) is 4.79 Å². The molecule has 0 aliphatic carbocycles. The number of carbonyl (C=O) groups excluding carboxylic acids is 1. The van der Waals surface area contributed by atoms with Crippen LogP contribution in [0.3, 0.4) is 0 Å². The average Bonchev–Trinajstić information content (AvgIpc) is 2.41. The lowest BCUT2D eigenvalue weighted by Crippen LogP contribution is -2.00. The Bertz CT molecular complexity index is 656. The van der Waals surface area contributed by atoms with Crippen molar-refractivity contribution in [3.05, 3.63) is 64.2 Å². The Balaban J connectivity index is 2.10. The largest absolute Gasteiger partial charge is 0.486 e. The number of ketones is 1. The van der Waals surface area contributed by atoms with Gasteiger partial charge in [0.2, 0.25) is 0 Å². The molecule has 0 fully saturated rings. The van der Waals surface area contributed by atoms with Gasteiger partial charge >= 0.3 is 0 Å². The second-order valence-corrected chi connectivity index (χ2v) is 4.65. The van der Waals surface area contributed by atoms with Gasteiger partial charge in [-0.15, -0.1) is 0 Å². The molecule has 0 spiro atoms. The van der Waals surface area contributed by atoms with E-state index in [1.807, 2.05) is 0 Å². The van der Waals surface area contributed by atoms with Crippen molar-refractivity contribution in [2.45, 2.75) is 13.5 Å². The van der Waals surface area contributed by atoms with Crippen molar-refractivity contribution in [2.24, 2.45) is 0 Å². The molecule has 0 saturated carbocycles. The lowest BCUT2D eigenvalue weighted by atomic mass is 10.1. The van der Waals surface area contributed by atoms with Crippen LogP contribution in [0.4, 0.5) is 8.78 Å². The van der Waals surface area contributed by atoms with Crippen molar-refractivity contribution < 1.29 is 18.3 Å². The first-order valence-corrected chi connectivity index (χ1v) is 6.22. The van der Waals surface area contributed by atoms with Gasteiger partial charge in [0.15, 0.2) is 17.3 Å². The Kier molecular flexibility index (Phi) is 4.35. The molecule has 0 atom stereocenters. The Labute approximate surface area is 119 Å². The van der Waals surface area contributed by atoms with E-state index in [1.54, 1.807) is 0 Å². The van der Waals surface area contributed by atoms with Crippen molar-refractivity contribution in [1.82, 2.24) is 0 Å². The predicted molar refractivity (Wildman–Crippen MR) is 72.1 cm³/mol. The smallest absolute Gasteiger partial charge is 0.165 e. The molecule has 0 aliphatic rings. The molecule has 0 amide bonds. The summed E-state index contributed by atoms with van der Waals surface area (Å²) in [6, 6.07) is 8.13. The molecular weight excluding hydrogens is 286 g/mol. The van der Waals surface area contributed by atoms with Crippen molar-refractivity contribution in [3.8, 4) is 5.75 Å². The summed E-state index contributed by atoms with van der Waals surface area (Å²) in [6.07, 6.45) is 0. The highest BCUT2D eigenvalue weighted by Gasteiger charge is 2.08. The summed E-state index contributed by atoms with van der Waals surface area (Å²) in [4.78, 5) is 11.1. The molecule has 0 radical (unpaired) electrons. The third-order valence-electron chi connectivity index (χ3n) is 2.72. The topological polar surface area (TPSA) is 26.3 Å². The van der Waals surface area contributed by atoms with Crippen LogP contribution in [0.5, 0.6) is 5.75 Å². The minimum Gasteiger partial charge on any atom is -0.486 e. The molecule has 0 N–H and O–H groups in total. The maximum atomic E-state index is 13.7. The van der Waals surface area contributed by atoms with E-state index in [0.717, 1.165) is 6.07 Å². The third kappa shape index (κ3) is 3.33. The minimum atomic E-state index is -0.620. The van der Waals surface area contributed by atoms with Gasteiger partial charge in [0, 0.05) is 5.56 Å². The molecule has 2 rings (SSSR count). The lowest BCUT2D eigenvalue weighted by Gasteiger charge is -2.08. The van der Waals surface area contributed by atoms with E-state index in [4.69, 9.17) is 16.3 Å². The van der Waals surface area contributed by atoms with Crippen molar-refractivity contribution in [1.29, 1.82) is 0 Å². The zero-order valence-electron chi connectivity index (χ0n) is 10.6. The number of carbonyl (C=O) groups is 1. The predicted octanol–water partition coefficient (Wildman–Crippen LogP) is 4.40. The van der Waals surface area contributed by atoms with Crippen LogP contribution in [0.2, 0.25) is 5.02 Å². The highest BCUT2D eigenvalue weighted by atomic mass is 35.5. The molecule has 104 valence electrons. The molecule has 0 aliphatic heterocycles. The highest BCUT2D eigenvalue weighted by Crippen LogP contribution is 2.21. The fourth-order valence-corrected chi connectivity index (χ4v) is 1.83. The van der Waals surface area contributed by atoms with Gasteiger partial charge in [0.05, 0.1) is 5.02 Å². The standard InChI is InChI=1S/C15H11ClF2O2/c1-9(19)11-3-5-15(14(18)7-11)20-8-10-2-4-13(17)12(16)6-10/h2-7H,8H2,1H3. The third-order valence-corrected chi connectivity index (χ3v) is 3.01. The molecule has 2 aromatic rings. The second-order valence-electron chi connectivity index (χ2n) is 4.24. The fraction of sp³-hybridized carbons (Fsp3) is 0.133. The van der Waals surface area contributed by atoms with Gasteiger partial charge in [-0.05, 0) is 42.8 Å². The number of hydrogen-bond acceptors (Lipinski definition) is 2. The molecule has 2 aromatic carbocycles. The zero-order valence-corrected chi connectivity index (χ0v) is 11.4. The van der Waals surface area contributed by atoms with Crippen LogP contribution in [-0.4, -0.2) is 5.78 Å². The van der Waals surface area contributed by atoms with Gasteiger partial charge in [-0.1, -0.05) is 17.7 Å². The van der Waals surface area contributed by atoms with E-state index in [9.17, 15) is 13.6 Å². The molecule has 0 saturated heterocycles. The maximum Gasteiger partial charge on any atom is 0.165 e. The molecule has 5 heteroatoms. The summed E-state index contributed by atoms with van der Waals surface area (Å²) >= 11 is 5.64. The number of hydrogen-bond donors (Lipinski definition) is 0. The van der Waals surface area contributed by atoms with Crippen LogP contribution in [0.1, 0.15) is 22.8 Å². The minimum absolute atomic E-state index is 0.0153. The van der Waals surface area contributed by atoms with Gasteiger partial charge < -0.3 is 4.74 Å². The summed E-state index contributed by atoms with van der Waals surface area (Å²) in [5, 5.41) is -0.0153. The number of Topliss-reactive ketones (excluding diaryl/α,β-unsaturated/α-hetero) is 1. The summed E-state index contributed by atoms with van der Waals surface area (Å²) in [7, 11) is 0. The van der Waals surface area contributed by atoms with Crippen LogP contribution >= 0.6 is 11.6 Å². The van der Waals surface area contributed by atoms with E-state index >= 15 is 0 Å². The quantitative estimate of drug-likeness (QED) is 0.782. The Morgan fingerprint density at radius 1 is 1.15 bits per heavy atom. The Morgan fingerprint density at radius 2 is 1.90 bits per heavy atom. The second kappa shape index (κ2) is 6.01. The Morgan fingerprint density at radius 3 is 2.50 bits per heavy atom. The van der Waals surface area contributed by atoms with Crippen molar-refractivity contribution >= 4 is 17.4 Å². The van der Waals surface area contributed by atoms with Gasteiger partial charge in [-0.25, -0.2) is 8.78 Å². The summed E-state index contributed by atoms with van der Waals surface area (Å²) in [5.41, 5.74) is 0.895. The number of halogens is 3. The van der Waals surface area contributed by atoms with Gasteiger partial charge in [0.25, 0.3) is 0 Å². The summed E-state index contributed by atoms with van der Waals surface area (Å²) < 4.78 is 32.0. The van der Waals surface area contributed by atoms with Crippen LogP contribution in [0.15, 0.2) is 36.4 Å². The normalized spacial score (nSPS) is 10.4. The average molecular weight is 297 g/mol. The van der Waals surface area contributed by atoms with Crippen LogP contribution < -0.4 is 4.74 Å². The van der Waals surface area contributed by atoms with E-state index in [-0.39, 0.29) is 28.7 Å². The monoisotopic (exact) mass is 296 g/mol. The number of rotatable bonds is 4. The SMILES string of the molecule is CC(=O)c1ccc(OCc2ccc(F)c(Cl)c2)c(F)c1. The van der Waals surface area contributed by atoms with Crippen LogP contribution in [0.25, 0.3) is 0 Å². The lowest BCUT2D eigenvalue weighted by molar-refractivity contribution is 0.101.